The minimum Gasteiger partial charge on any atom is -0.389 e. The first kappa shape index (κ1) is 15.0. The van der Waals surface area contributed by atoms with E-state index >= 15 is 0 Å². The predicted molar refractivity (Wildman–Crippen MR) is 83.2 cm³/mol. The molecule has 0 saturated carbocycles. The Labute approximate surface area is 126 Å². The molecule has 8 heteroatoms. The molecule has 2 rings (SSSR count). The normalized spacial score (nSPS) is 11.4. The van der Waals surface area contributed by atoms with Gasteiger partial charge in [-0.15, -0.1) is 11.3 Å². The molecule has 0 amide bonds. The molecule has 1 heterocycles. The Balaban J connectivity index is 2.17. The van der Waals surface area contributed by atoms with Crippen LogP contribution in [0.5, 0.6) is 0 Å². The van der Waals surface area contributed by atoms with Crippen molar-refractivity contribution in [3.63, 3.8) is 0 Å². The van der Waals surface area contributed by atoms with Crippen molar-refractivity contribution in [2.75, 3.05) is 0 Å². The summed E-state index contributed by atoms with van der Waals surface area (Å²) in [5, 5.41) is 2.59. The quantitative estimate of drug-likeness (QED) is 0.814. The highest BCUT2D eigenvalue weighted by Gasteiger charge is 2.15. The SMILES string of the molecule is Cc1csc(CNS(=O)(=O)c2cccc(C(N)=S)c2)n1. The van der Waals surface area contributed by atoms with Gasteiger partial charge in [-0.2, -0.15) is 0 Å². The van der Waals surface area contributed by atoms with Gasteiger partial charge < -0.3 is 5.73 Å². The molecule has 0 saturated heterocycles. The molecule has 3 N–H and O–H groups in total. The highest BCUT2D eigenvalue weighted by atomic mass is 32.2. The fourth-order valence-electron chi connectivity index (χ4n) is 1.54. The monoisotopic (exact) mass is 327 g/mol. The summed E-state index contributed by atoms with van der Waals surface area (Å²) >= 11 is 6.26. The van der Waals surface area contributed by atoms with E-state index < -0.39 is 10.0 Å². The molecule has 0 aliphatic heterocycles. The molecule has 2 aromatic rings. The molecule has 5 nitrogen and oxygen atoms in total. The number of hydrogen-bond acceptors (Lipinski definition) is 5. The molecule has 0 aliphatic carbocycles. The Morgan fingerprint density at radius 1 is 1.50 bits per heavy atom. The summed E-state index contributed by atoms with van der Waals surface area (Å²) in [4.78, 5) is 4.50. The van der Waals surface area contributed by atoms with Crippen LogP contribution in [-0.2, 0) is 16.6 Å². The van der Waals surface area contributed by atoms with E-state index in [4.69, 9.17) is 18.0 Å². The van der Waals surface area contributed by atoms with Crippen molar-refractivity contribution in [2.24, 2.45) is 5.73 Å². The van der Waals surface area contributed by atoms with Crippen molar-refractivity contribution in [1.82, 2.24) is 9.71 Å². The second kappa shape index (κ2) is 5.96. The van der Waals surface area contributed by atoms with Crippen LogP contribution in [0.25, 0.3) is 0 Å². The van der Waals surface area contributed by atoms with Crippen molar-refractivity contribution >= 4 is 38.6 Å². The summed E-state index contributed by atoms with van der Waals surface area (Å²) in [6, 6.07) is 6.23. The zero-order chi connectivity index (χ0) is 14.8. The minimum absolute atomic E-state index is 0.135. The molecule has 0 fully saturated rings. The second-order valence-electron chi connectivity index (χ2n) is 4.10. The molecule has 0 aliphatic rings. The first-order valence-electron chi connectivity index (χ1n) is 5.69. The van der Waals surface area contributed by atoms with Crippen LogP contribution < -0.4 is 10.5 Å². The zero-order valence-corrected chi connectivity index (χ0v) is 13.1. The van der Waals surface area contributed by atoms with Gasteiger partial charge in [0.1, 0.15) is 10.00 Å². The van der Waals surface area contributed by atoms with Crippen LogP contribution in [0, 0.1) is 6.92 Å². The van der Waals surface area contributed by atoms with Gasteiger partial charge in [-0.3, -0.25) is 0 Å². The maximum absolute atomic E-state index is 12.2. The first-order chi connectivity index (χ1) is 9.38. The van der Waals surface area contributed by atoms with Gasteiger partial charge in [0.2, 0.25) is 10.0 Å². The van der Waals surface area contributed by atoms with Crippen molar-refractivity contribution in [2.45, 2.75) is 18.4 Å². The van der Waals surface area contributed by atoms with Gasteiger partial charge in [0.25, 0.3) is 0 Å². The number of benzene rings is 1. The summed E-state index contributed by atoms with van der Waals surface area (Å²) in [5.74, 6) is 0. The van der Waals surface area contributed by atoms with Crippen molar-refractivity contribution in [3.8, 4) is 0 Å². The molecule has 0 bridgehead atoms. The Bertz CT molecular complexity index is 738. The lowest BCUT2D eigenvalue weighted by molar-refractivity contribution is 0.581. The number of aromatic nitrogens is 1. The van der Waals surface area contributed by atoms with Crippen molar-refractivity contribution in [3.05, 3.63) is 45.9 Å². The van der Waals surface area contributed by atoms with Crippen LogP contribution in [0.3, 0.4) is 0 Å². The second-order valence-corrected chi connectivity index (χ2v) is 7.25. The highest BCUT2D eigenvalue weighted by molar-refractivity contribution is 7.89. The highest BCUT2D eigenvalue weighted by Crippen LogP contribution is 2.13. The number of rotatable bonds is 5. The Morgan fingerprint density at radius 2 is 2.25 bits per heavy atom. The fourth-order valence-corrected chi connectivity index (χ4v) is 3.50. The topological polar surface area (TPSA) is 85.1 Å². The number of thiocarbonyl (C=S) groups is 1. The van der Waals surface area contributed by atoms with E-state index in [1.807, 2.05) is 12.3 Å². The van der Waals surface area contributed by atoms with Crippen molar-refractivity contribution < 1.29 is 8.42 Å². The molecule has 106 valence electrons. The maximum atomic E-state index is 12.2. The van der Waals surface area contributed by atoms with E-state index in [9.17, 15) is 8.42 Å². The van der Waals surface area contributed by atoms with Gasteiger partial charge in [-0.25, -0.2) is 18.1 Å². The van der Waals surface area contributed by atoms with E-state index in [2.05, 4.69) is 9.71 Å². The summed E-state index contributed by atoms with van der Waals surface area (Å²) in [5.41, 5.74) is 6.90. The van der Waals surface area contributed by atoms with E-state index in [0.29, 0.717) is 5.56 Å². The van der Waals surface area contributed by atoms with Gasteiger partial charge in [0, 0.05) is 16.6 Å². The van der Waals surface area contributed by atoms with Crippen LogP contribution in [0.4, 0.5) is 0 Å². The summed E-state index contributed by atoms with van der Waals surface area (Å²) < 4.78 is 26.8. The predicted octanol–water partition coefficient (Wildman–Crippen LogP) is 1.56. The van der Waals surface area contributed by atoms with Crippen LogP contribution in [0.1, 0.15) is 16.3 Å². The Hall–Kier alpha value is -1.35. The van der Waals surface area contributed by atoms with Gasteiger partial charge in [-0.05, 0) is 19.1 Å². The zero-order valence-electron chi connectivity index (χ0n) is 10.7. The third-order valence-electron chi connectivity index (χ3n) is 2.51. The van der Waals surface area contributed by atoms with Gasteiger partial charge in [-0.1, -0.05) is 24.4 Å². The largest absolute Gasteiger partial charge is 0.389 e. The summed E-state index contributed by atoms with van der Waals surface area (Å²) in [6.07, 6.45) is 0. The average molecular weight is 327 g/mol. The molecule has 0 unspecified atom stereocenters. The molecular formula is C12H13N3O2S3. The Morgan fingerprint density at radius 3 is 2.85 bits per heavy atom. The van der Waals surface area contributed by atoms with E-state index in [1.54, 1.807) is 12.1 Å². The lowest BCUT2D eigenvalue weighted by Gasteiger charge is -2.06. The van der Waals surface area contributed by atoms with E-state index in [0.717, 1.165) is 10.7 Å². The van der Waals surface area contributed by atoms with Gasteiger partial charge >= 0.3 is 0 Å². The third-order valence-corrected chi connectivity index (χ3v) is 5.11. The Kier molecular flexibility index (Phi) is 4.48. The summed E-state index contributed by atoms with van der Waals surface area (Å²) in [7, 11) is -3.60. The van der Waals surface area contributed by atoms with Gasteiger partial charge in [0.05, 0.1) is 11.4 Å². The number of sulfonamides is 1. The molecule has 20 heavy (non-hydrogen) atoms. The van der Waals surface area contributed by atoms with E-state index in [-0.39, 0.29) is 16.4 Å². The number of aryl methyl sites for hydroxylation is 1. The van der Waals surface area contributed by atoms with Crippen LogP contribution >= 0.6 is 23.6 Å². The maximum Gasteiger partial charge on any atom is 0.240 e. The van der Waals surface area contributed by atoms with Gasteiger partial charge in [0.15, 0.2) is 0 Å². The third kappa shape index (κ3) is 3.60. The van der Waals surface area contributed by atoms with Crippen molar-refractivity contribution in [1.29, 1.82) is 0 Å². The molecule has 0 radical (unpaired) electrons. The smallest absolute Gasteiger partial charge is 0.240 e. The number of nitrogens with two attached hydrogens (primary N) is 1. The molecule has 1 aromatic heterocycles. The lowest BCUT2D eigenvalue weighted by atomic mass is 10.2. The standard InChI is InChI=1S/C12H13N3O2S3/c1-8-7-19-11(15-8)6-14-20(16,17)10-4-2-3-9(5-10)12(13)18/h2-5,7,14H,6H2,1H3,(H2,13,18). The average Bonchev–Trinajstić information content (AvgIpc) is 2.82. The first-order valence-corrected chi connectivity index (χ1v) is 8.46. The van der Waals surface area contributed by atoms with Crippen LogP contribution in [-0.4, -0.2) is 18.4 Å². The lowest BCUT2D eigenvalue weighted by Crippen LogP contribution is -2.23. The fraction of sp³-hybridized carbons (Fsp3) is 0.167. The number of nitrogens with one attached hydrogen (secondary N) is 1. The molecular weight excluding hydrogens is 314 g/mol. The molecule has 0 spiro atoms. The molecule has 0 atom stereocenters. The number of hydrogen-bond donors (Lipinski definition) is 2. The minimum atomic E-state index is -3.60. The van der Waals surface area contributed by atoms with Crippen LogP contribution in [0.15, 0.2) is 34.5 Å². The number of thiazole rings is 1. The summed E-state index contributed by atoms with van der Waals surface area (Å²) in [6.45, 7) is 2.03. The van der Waals surface area contributed by atoms with Crippen LogP contribution in [0.2, 0.25) is 0 Å². The molecule has 1 aromatic carbocycles. The number of nitrogens with zero attached hydrogens (tertiary/aromatic N) is 1. The van der Waals surface area contributed by atoms with E-state index in [1.165, 1.54) is 23.5 Å².